The number of H-pyrrole nitrogens is 1. The first-order valence-corrected chi connectivity index (χ1v) is 7.18. The summed E-state index contributed by atoms with van der Waals surface area (Å²) >= 11 is 0. The SMILES string of the molecule is COCC(CCCN)Nc1ccccc1-c1n[nH]c(C)n1. The number of nitrogens with zero attached hydrogens (tertiary/aromatic N) is 2. The Bertz CT molecular complexity index is 555. The number of ether oxygens (including phenoxy) is 1. The molecule has 1 aromatic carbocycles. The highest BCUT2D eigenvalue weighted by atomic mass is 16.5. The van der Waals surface area contributed by atoms with E-state index < -0.39 is 0 Å². The molecule has 1 unspecified atom stereocenters. The van der Waals surface area contributed by atoms with Gasteiger partial charge in [0.25, 0.3) is 0 Å². The molecule has 6 heteroatoms. The third-order valence-corrected chi connectivity index (χ3v) is 3.25. The second-order valence-electron chi connectivity index (χ2n) is 5.02. The average molecular weight is 289 g/mol. The van der Waals surface area contributed by atoms with Crippen LogP contribution in [0.15, 0.2) is 24.3 Å². The zero-order valence-corrected chi connectivity index (χ0v) is 12.6. The minimum absolute atomic E-state index is 0.222. The van der Waals surface area contributed by atoms with Gasteiger partial charge >= 0.3 is 0 Å². The number of aromatic amines is 1. The summed E-state index contributed by atoms with van der Waals surface area (Å²) in [6, 6.07) is 8.25. The van der Waals surface area contributed by atoms with E-state index in [1.165, 1.54) is 0 Å². The molecule has 1 heterocycles. The number of aryl methyl sites for hydroxylation is 1. The minimum atomic E-state index is 0.222. The first-order chi connectivity index (χ1) is 10.2. The lowest BCUT2D eigenvalue weighted by atomic mass is 10.1. The van der Waals surface area contributed by atoms with Gasteiger partial charge in [0.05, 0.1) is 6.61 Å². The van der Waals surface area contributed by atoms with Gasteiger partial charge in [-0.2, -0.15) is 5.10 Å². The van der Waals surface area contributed by atoms with Crippen LogP contribution in [-0.4, -0.2) is 41.5 Å². The van der Waals surface area contributed by atoms with Crippen LogP contribution < -0.4 is 11.1 Å². The number of nitrogens with one attached hydrogen (secondary N) is 2. The van der Waals surface area contributed by atoms with E-state index in [-0.39, 0.29) is 6.04 Å². The summed E-state index contributed by atoms with van der Waals surface area (Å²) in [6.45, 7) is 3.21. The Morgan fingerprint density at radius 1 is 1.38 bits per heavy atom. The molecule has 0 aliphatic rings. The van der Waals surface area contributed by atoms with E-state index in [9.17, 15) is 0 Å². The summed E-state index contributed by atoms with van der Waals surface area (Å²) in [5, 5.41) is 10.6. The Morgan fingerprint density at radius 2 is 2.19 bits per heavy atom. The van der Waals surface area contributed by atoms with E-state index in [1.54, 1.807) is 7.11 Å². The Labute approximate surface area is 125 Å². The molecule has 0 amide bonds. The van der Waals surface area contributed by atoms with Crippen molar-refractivity contribution in [2.75, 3.05) is 25.6 Å². The van der Waals surface area contributed by atoms with E-state index >= 15 is 0 Å². The van der Waals surface area contributed by atoms with Crippen LogP contribution in [0.1, 0.15) is 18.7 Å². The molecule has 0 saturated heterocycles. The third kappa shape index (κ3) is 4.27. The second kappa shape index (κ2) is 7.75. The van der Waals surface area contributed by atoms with Crippen molar-refractivity contribution in [1.29, 1.82) is 0 Å². The quantitative estimate of drug-likeness (QED) is 0.691. The minimum Gasteiger partial charge on any atom is -0.383 e. The number of aromatic nitrogens is 3. The maximum Gasteiger partial charge on any atom is 0.183 e. The maximum absolute atomic E-state index is 5.60. The molecule has 114 valence electrons. The summed E-state index contributed by atoms with van der Waals surface area (Å²) in [6.07, 6.45) is 1.93. The predicted molar refractivity (Wildman–Crippen MR) is 84.1 cm³/mol. The van der Waals surface area contributed by atoms with Crippen LogP contribution in [0.2, 0.25) is 0 Å². The fraction of sp³-hybridized carbons (Fsp3) is 0.467. The van der Waals surface area contributed by atoms with E-state index in [2.05, 4.69) is 20.5 Å². The third-order valence-electron chi connectivity index (χ3n) is 3.25. The monoisotopic (exact) mass is 289 g/mol. The first-order valence-electron chi connectivity index (χ1n) is 7.18. The van der Waals surface area contributed by atoms with Gasteiger partial charge in [0.2, 0.25) is 0 Å². The Morgan fingerprint density at radius 3 is 2.86 bits per heavy atom. The summed E-state index contributed by atoms with van der Waals surface area (Å²) in [5.41, 5.74) is 7.59. The molecule has 0 radical (unpaired) electrons. The Balaban J connectivity index is 2.18. The van der Waals surface area contributed by atoms with Crippen molar-refractivity contribution in [3.05, 3.63) is 30.1 Å². The normalized spacial score (nSPS) is 12.3. The molecule has 1 aromatic heterocycles. The van der Waals surface area contributed by atoms with Crippen molar-refractivity contribution in [2.45, 2.75) is 25.8 Å². The highest BCUT2D eigenvalue weighted by molar-refractivity contribution is 5.73. The zero-order valence-electron chi connectivity index (χ0n) is 12.6. The lowest BCUT2D eigenvalue weighted by Gasteiger charge is -2.20. The van der Waals surface area contributed by atoms with E-state index in [0.29, 0.717) is 19.0 Å². The lowest BCUT2D eigenvalue weighted by molar-refractivity contribution is 0.182. The standard InChI is InChI=1S/C15H23N5O/c1-11-17-15(20-19-11)13-7-3-4-8-14(13)18-12(10-21-2)6-5-9-16/h3-4,7-8,12,18H,5-6,9-10,16H2,1-2H3,(H,17,19,20). The number of para-hydroxylation sites is 1. The highest BCUT2D eigenvalue weighted by Crippen LogP contribution is 2.25. The predicted octanol–water partition coefficient (Wildman–Crippen LogP) is 1.95. The molecule has 0 aliphatic carbocycles. The number of methoxy groups -OCH3 is 1. The first kappa shape index (κ1) is 15.5. The molecular formula is C15H23N5O. The maximum atomic E-state index is 5.60. The molecule has 6 nitrogen and oxygen atoms in total. The van der Waals surface area contributed by atoms with Gasteiger partial charge in [-0.05, 0) is 38.4 Å². The van der Waals surface area contributed by atoms with Crippen molar-refractivity contribution in [2.24, 2.45) is 5.73 Å². The van der Waals surface area contributed by atoms with E-state index in [1.807, 2.05) is 31.2 Å². The van der Waals surface area contributed by atoms with Crippen molar-refractivity contribution in [3.63, 3.8) is 0 Å². The van der Waals surface area contributed by atoms with Gasteiger partial charge in [-0.1, -0.05) is 12.1 Å². The van der Waals surface area contributed by atoms with Crippen LogP contribution in [0.5, 0.6) is 0 Å². The summed E-state index contributed by atoms with van der Waals surface area (Å²) in [7, 11) is 1.71. The molecule has 0 aliphatic heterocycles. The Kier molecular flexibility index (Phi) is 5.71. The van der Waals surface area contributed by atoms with Gasteiger partial charge in [0, 0.05) is 24.4 Å². The van der Waals surface area contributed by atoms with Crippen LogP contribution in [0, 0.1) is 6.92 Å². The highest BCUT2D eigenvalue weighted by Gasteiger charge is 2.13. The molecule has 21 heavy (non-hydrogen) atoms. The van der Waals surface area contributed by atoms with Crippen molar-refractivity contribution < 1.29 is 4.74 Å². The summed E-state index contributed by atoms with van der Waals surface area (Å²) in [4.78, 5) is 4.40. The largest absolute Gasteiger partial charge is 0.383 e. The fourth-order valence-corrected chi connectivity index (χ4v) is 2.25. The van der Waals surface area contributed by atoms with Gasteiger partial charge in [-0.25, -0.2) is 4.98 Å². The number of nitrogens with two attached hydrogens (primary N) is 1. The molecular weight excluding hydrogens is 266 g/mol. The molecule has 0 bridgehead atoms. The smallest absolute Gasteiger partial charge is 0.183 e. The van der Waals surface area contributed by atoms with E-state index in [0.717, 1.165) is 29.9 Å². The van der Waals surface area contributed by atoms with Crippen LogP contribution in [0.3, 0.4) is 0 Å². The van der Waals surface area contributed by atoms with Crippen LogP contribution >= 0.6 is 0 Å². The number of rotatable bonds is 8. The van der Waals surface area contributed by atoms with Crippen molar-refractivity contribution >= 4 is 5.69 Å². The second-order valence-corrected chi connectivity index (χ2v) is 5.02. The number of anilines is 1. The molecule has 2 rings (SSSR count). The molecule has 0 spiro atoms. The van der Waals surface area contributed by atoms with Crippen LogP contribution in [-0.2, 0) is 4.74 Å². The van der Waals surface area contributed by atoms with Crippen LogP contribution in [0.4, 0.5) is 5.69 Å². The molecule has 2 aromatic rings. The number of hydrogen-bond donors (Lipinski definition) is 3. The zero-order chi connectivity index (χ0) is 15.1. The van der Waals surface area contributed by atoms with Gasteiger partial charge < -0.3 is 15.8 Å². The van der Waals surface area contributed by atoms with Gasteiger partial charge in [0.1, 0.15) is 5.82 Å². The molecule has 0 fully saturated rings. The summed E-state index contributed by atoms with van der Waals surface area (Å²) in [5.74, 6) is 1.50. The van der Waals surface area contributed by atoms with Gasteiger partial charge in [-0.15, -0.1) is 0 Å². The van der Waals surface area contributed by atoms with Crippen LogP contribution in [0.25, 0.3) is 11.4 Å². The fourth-order valence-electron chi connectivity index (χ4n) is 2.25. The van der Waals surface area contributed by atoms with Crippen molar-refractivity contribution in [1.82, 2.24) is 15.2 Å². The number of hydrogen-bond acceptors (Lipinski definition) is 5. The molecule has 4 N–H and O–H groups in total. The number of benzene rings is 1. The average Bonchev–Trinajstić information content (AvgIpc) is 2.92. The van der Waals surface area contributed by atoms with Gasteiger partial charge in [-0.3, -0.25) is 5.10 Å². The molecule has 1 atom stereocenters. The van der Waals surface area contributed by atoms with Crippen molar-refractivity contribution in [3.8, 4) is 11.4 Å². The topological polar surface area (TPSA) is 88.9 Å². The lowest BCUT2D eigenvalue weighted by Crippen LogP contribution is -2.26. The summed E-state index contributed by atoms with van der Waals surface area (Å²) < 4.78 is 5.28. The van der Waals surface area contributed by atoms with E-state index in [4.69, 9.17) is 10.5 Å². The Hall–Kier alpha value is -1.92. The van der Waals surface area contributed by atoms with Gasteiger partial charge in [0.15, 0.2) is 5.82 Å². The molecule has 0 saturated carbocycles.